The van der Waals surface area contributed by atoms with Crippen LogP contribution in [0.2, 0.25) is 0 Å². The quantitative estimate of drug-likeness (QED) is 0.676. The third kappa shape index (κ3) is 2.60. The molecule has 0 bridgehead atoms. The van der Waals surface area contributed by atoms with Gasteiger partial charge in [-0.3, -0.25) is 0 Å². The van der Waals surface area contributed by atoms with Crippen molar-refractivity contribution in [3.63, 3.8) is 0 Å². The number of nitrogen functional groups attached to an aromatic ring is 1. The lowest BCUT2D eigenvalue weighted by Crippen LogP contribution is -2.08. The zero-order chi connectivity index (χ0) is 13.0. The molecule has 18 heavy (non-hydrogen) atoms. The summed E-state index contributed by atoms with van der Waals surface area (Å²) in [6, 6.07) is 4.95. The SMILES string of the molecule is COc1c(N)cccc1C(=O)OCc1nccs1. The molecule has 0 aliphatic heterocycles. The van der Waals surface area contributed by atoms with E-state index in [4.69, 9.17) is 15.2 Å². The van der Waals surface area contributed by atoms with Crippen molar-refractivity contribution in [1.82, 2.24) is 4.98 Å². The average Bonchev–Trinajstić information content (AvgIpc) is 2.88. The predicted molar refractivity (Wildman–Crippen MR) is 68.6 cm³/mol. The number of esters is 1. The number of anilines is 1. The first kappa shape index (κ1) is 12.4. The number of para-hydroxylation sites is 1. The van der Waals surface area contributed by atoms with Crippen molar-refractivity contribution in [3.05, 3.63) is 40.3 Å². The van der Waals surface area contributed by atoms with Gasteiger partial charge in [0.05, 0.1) is 12.8 Å². The minimum Gasteiger partial charge on any atom is -0.494 e. The van der Waals surface area contributed by atoms with Crippen LogP contribution in [-0.4, -0.2) is 18.1 Å². The highest BCUT2D eigenvalue weighted by molar-refractivity contribution is 7.09. The van der Waals surface area contributed by atoms with Gasteiger partial charge in [0.15, 0.2) is 5.75 Å². The van der Waals surface area contributed by atoms with E-state index in [-0.39, 0.29) is 6.61 Å². The molecule has 0 spiro atoms. The van der Waals surface area contributed by atoms with Gasteiger partial charge < -0.3 is 15.2 Å². The Hall–Kier alpha value is -2.08. The molecule has 0 aliphatic rings. The second-order valence-corrected chi connectivity index (χ2v) is 4.41. The second kappa shape index (κ2) is 5.50. The molecule has 0 fully saturated rings. The second-order valence-electron chi connectivity index (χ2n) is 3.43. The number of ether oxygens (including phenoxy) is 2. The molecule has 0 amide bonds. The van der Waals surface area contributed by atoms with Crippen molar-refractivity contribution >= 4 is 23.0 Å². The number of methoxy groups -OCH3 is 1. The lowest BCUT2D eigenvalue weighted by atomic mass is 10.2. The maximum absolute atomic E-state index is 11.9. The zero-order valence-electron chi connectivity index (χ0n) is 9.75. The number of aromatic nitrogens is 1. The number of benzene rings is 1. The molecule has 0 atom stereocenters. The molecule has 2 N–H and O–H groups in total. The van der Waals surface area contributed by atoms with Crippen molar-refractivity contribution in [2.24, 2.45) is 0 Å². The van der Waals surface area contributed by atoms with Gasteiger partial charge in [-0.1, -0.05) is 6.07 Å². The number of rotatable bonds is 4. The van der Waals surface area contributed by atoms with Gasteiger partial charge in [0.2, 0.25) is 0 Å². The number of hydrogen-bond acceptors (Lipinski definition) is 6. The first-order valence-electron chi connectivity index (χ1n) is 5.20. The Morgan fingerprint density at radius 2 is 2.33 bits per heavy atom. The number of carbonyl (C=O) groups is 1. The van der Waals surface area contributed by atoms with E-state index in [9.17, 15) is 4.79 Å². The van der Waals surface area contributed by atoms with E-state index in [1.165, 1.54) is 18.4 Å². The van der Waals surface area contributed by atoms with Gasteiger partial charge in [0, 0.05) is 11.6 Å². The molecule has 0 unspecified atom stereocenters. The highest BCUT2D eigenvalue weighted by atomic mass is 32.1. The summed E-state index contributed by atoms with van der Waals surface area (Å²) in [5.41, 5.74) is 6.44. The highest BCUT2D eigenvalue weighted by Gasteiger charge is 2.16. The zero-order valence-corrected chi connectivity index (χ0v) is 10.6. The van der Waals surface area contributed by atoms with E-state index in [0.717, 1.165) is 5.01 Å². The van der Waals surface area contributed by atoms with Gasteiger partial charge in [0.25, 0.3) is 0 Å². The van der Waals surface area contributed by atoms with Gasteiger partial charge in [-0.2, -0.15) is 0 Å². The molecule has 0 radical (unpaired) electrons. The summed E-state index contributed by atoms with van der Waals surface area (Å²) in [4.78, 5) is 15.9. The fourth-order valence-electron chi connectivity index (χ4n) is 1.47. The van der Waals surface area contributed by atoms with Crippen molar-refractivity contribution in [1.29, 1.82) is 0 Å². The van der Waals surface area contributed by atoms with Crippen LogP contribution in [0.1, 0.15) is 15.4 Å². The number of hydrogen-bond donors (Lipinski definition) is 1. The van der Waals surface area contributed by atoms with Crippen LogP contribution in [0.15, 0.2) is 29.8 Å². The number of carbonyl (C=O) groups excluding carboxylic acids is 1. The number of nitrogens with zero attached hydrogens (tertiary/aromatic N) is 1. The fourth-order valence-corrected chi connectivity index (χ4v) is 2.00. The largest absolute Gasteiger partial charge is 0.494 e. The maximum Gasteiger partial charge on any atom is 0.342 e. The number of thiazole rings is 1. The van der Waals surface area contributed by atoms with E-state index in [1.807, 2.05) is 5.38 Å². The molecular weight excluding hydrogens is 252 g/mol. The Morgan fingerprint density at radius 1 is 1.50 bits per heavy atom. The Kier molecular flexibility index (Phi) is 3.78. The van der Waals surface area contributed by atoms with Crippen LogP contribution in [0.4, 0.5) is 5.69 Å². The molecule has 2 aromatic rings. The molecule has 1 aromatic heterocycles. The molecule has 94 valence electrons. The first-order chi connectivity index (χ1) is 8.72. The lowest BCUT2D eigenvalue weighted by molar-refractivity contribution is 0.0469. The Labute approximate surface area is 108 Å². The van der Waals surface area contributed by atoms with Gasteiger partial charge in [-0.15, -0.1) is 11.3 Å². The van der Waals surface area contributed by atoms with Crippen LogP contribution in [0.3, 0.4) is 0 Å². The normalized spacial score (nSPS) is 10.1. The molecule has 0 saturated heterocycles. The smallest absolute Gasteiger partial charge is 0.342 e. The highest BCUT2D eigenvalue weighted by Crippen LogP contribution is 2.26. The standard InChI is InChI=1S/C12H12N2O3S/c1-16-11-8(3-2-4-9(11)13)12(15)17-7-10-14-5-6-18-10/h2-6H,7,13H2,1H3. The van der Waals surface area contributed by atoms with E-state index < -0.39 is 5.97 Å². The molecule has 5 nitrogen and oxygen atoms in total. The summed E-state index contributed by atoms with van der Waals surface area (Å²) < 4.78 is 10.2. The van der Waals surface area contributed by atoms with Crippen molar-refractivity contribution in [2.45, 2.75) is 6.61 Å². The number of nitrogens with two attached hydrogens (primary N) is 1. The van der Waals surface area contributed by atoms with E-state index in [2.05, 4.69) is 4.98 Å². The summed E-state index contributed by atoms with van der Waals surface area (Å²) in [7, 11) is 1.46. The minimum absolute atomic E-state index is 0.147. The van der Waals surface area contributed by atoms with Crippen molar-refractivity contribution in [3.8, 4) is 5.75 Å². The van der Waals surface area contributed by atoms with Gasteiger partial charge in [0.1, 0.15) is 17.2 Å². The van der Waals surface area contributed by atoms with Crippen LogP contribution in [0.5, 0.6) is 5.75 Å². The molecule has 1 heterocycles. The van der Waals surface area contributed by atoms with Crippen LogP contribution in [-0.2, 0) is 11.3 Å². The summed E-state index contributed by atoms with van der Waals surface area (Å²) in [5.74, 6) is -0.143. The van der Waals surface area contributed by atoms with E-state index in [0.29, 0.717) is 17.0 Å². The maximum atomic E-state index is 11.9. The summed E-state index contributed by atoms with van der Waals surface area (Å²) in [6.07, 6.45) is 1.66. The molecule has 0 saturated carbocycles. The topological polar surface area (TPSA) is 74.4 Å². The Balaban J connectivity index is 2.11. The molecule has 0 aliphatic carbocycles. The van der Waals surface area contributed by atoms with Crippen molar-refractivity contribution < 1.29 is 14.3 Å². The van der Waals surface area contributed by atoms with Crippen LogP contribution in [0, 0.1) is 0 Å². The fraction of sp³-hybridized carbons (Fsp3) is 0.167. The van der Waals surface area contributed by atoms with Gasteiger partial charge in [-0.05, 0) is 12.1 Å². The van der Waals surface area contributed by atoms with E-state index in [1.54, 1.807) is 24.4 Å². The molecule has 2 rings (SSSR count). The predicted octanol–water partition coefficient (Wildman–Crippen LogP) is 2.09. The molecular formula is C12H12N2O3S. The Morgan fingerprint density at radius 3 is 3.00 bits per heavy atom. The monoisotopic (exact) mass is 264 g/mol. The Bertz CT molecular complexity index is 540. The van der Waals surface area contributed by atoms with Crippen molar-refractivity contribution in [2.75, 3.05) is 12.8 Å². The summed E-state index contributed by atoms with van der Waals surface area (Å²) in [6.45, 7) is 0.147. The third-order valence-electron chi connectivity index (χ3n) is 2.28. The minimum atomic E-state index is -0.477. The van der Waals surface area contributed by atoms with E-state index >= 15 is 0 Å². The molecule has 6 heteroatoms. The van der Waals surface area contributed by atoms with Gasteiger partial charge in [-0.25, -0.2) is 9.78 Å². The van der Waals surface area contributed by atoms with Crippen LogP contribution in [0.25, 0.3) is 0 Å². The van der Waals surface area contributed by atoms with Crippen LogP contribution < -0.4 is 10.5 Å². The van der Waals surface area contributed by atoms with Crippen LogP contribution >= 0.6 is 11.3 Å². The first-order valence-corrected chi connectivity index (χ1v) is 6.08. The third-order valence-corrected chi connectivity index (χ3v) is 3.03. The summed E-state index contributed by atoms with van der Waals surface area (Å²) in [5, 5.41) is 2.57. The summed E-state index contributed by atoms with van der Waals surface area (Å²) >= 11 is 1.43. The average molecular weight is 264 g/mol. The molecule has 1 aromatic carbocycles. The van der Waals surface area contributed by atoms with Gasteiger partial charge >= 0.3 is 5.97 Å². The lowest BCUT2D eigenvalue weighted by Gasteiger charge is -2.09.